The van der Waals surface area contributed by atoms with Gasteiger partial charge in [-0.3, -0.25) is 45.3 Å². The summed E-state index contributed by atoms with van der Waals surface area (Å²) in [5.41, 5.74) is 22.9. The molecule has 660 valence electrons. The summed E-state index contributed by atoms with van der Waals surface area (Å²) in [6.07, 6.45) is 15.9. The molecule has 125 heavy (non-hydrogen) atoms. The molecule has 0 saturated carbocycles. The first-order valence-corrected chi connectivity index (χ1v) is 41.9. The molecule has 45 nitrogen and oxygen atoms in total. The molecular weight excluding hydrogens is 1990 g/mol. The second kappa shape index (κ2) is 44.4. The number of nitrogens with two attached hydrogens (primary N) is 3. The van der Waals surface area contributed by atoms with Crippen LogP contribution in [0, 0.1) is 47.6 Å². The third-order valence-corrected chi connectivity index (χ3v) is 20.6. The van der Waals surface area contributed by atoms with Gasteiger partial charge in [-0.1, -0.05) is 46.4 Å². The SMILES string of the molecule is CCNc1c(Br)cncc1[N+](=O)[O-].CCOc1c(Br)cncc1[N+](=O)[O-].CCOc1ccncc1[N+](=O)[O-].CCn1c(-c2nonc2N)nc2c(Cl)ncc(Br)c21.CCn1c(-c2nonc2N)nc2c(Cl)ncc(O)c21.CCn1c(-c2nonc2N)nc2c(Cl)ncc(OCC3CCCN(C(=O)OC(C)(C)C)C3)c21.CCn1c(CC#N)nc2c(Cl)ncc(Br)c21. The molecule has 0 aliphatic carbocycles. The third kappa shape index (κ3) is 23.2. The van der Waals surface area contributed by atoms with Gasteiger partial charge in [0.2, 0.25) is 5.75 Å². The summed E-state index contributed by atoms with van der Waals surface area (Å²) in [7, 11) is 0. The van der Waals surface area contributed by atoms with Crippen molar-refractivity contribution in [1.29, 1.82) is 5.26 Å². The van der Waals surface area contributed by atoms with Crippen molar-refractivity contribution in [2.75, 3.05) is 62.0 Å². The maximum absolute atomic E-state index is 12.5. The minimum absolute atomic E-state index is 0.0174. The lowest BCUT2D eigenvalue weighted by molar-refractivity contribution is -0.386. The lowest BCUT2D eigenvalue weighted by Gasteiger charge is -2.34. The Bertz CT molecular complexity index is 6020. The van der Waals surface area contributed by atoms with E-state index < -0.39 is 20.4 Å². The highest BCUT2D eigenvalue weighted by atomic mass is 79.9. The predicted octanol–water partition coefficient (Wildman–Crippen LogP) is 16.4. The zero-order valence-corrected chi connectivity index (χ0v) is 77.0. The molecule has 0 bridgehead atoms. The maximum Gasteiger partial charge on any atom is 0.410 e. The van der Waals surface area contributed by atoms with Crippen molar-refractivity contribution in [2.45, 2.75) is 120 Å². The minimum atomic E-state index is -0.528. The van der Waals surface area contributed by atoms with E-state index in [1.165, 1.54) is 43.2 Å². The highest BCUT2D eigenvalue weighted by Gasteiger charge is 2.31. The van der Waals surface area contributed by atoms with Crippen LogP contribution in [0.3, 0.4) is 0 Å². The van der Waals surface area contributed by atoms with Crippen LogP contribution >= 0.6 is 110 Å². The zero-order chi connectivity index (χ0) is 91.3. The molecule has 1 saturated heterocycles. The first kappa shape index (κ1) is 96.6. The minimum Gasteiger partial charge on any atom is -0.504 e. The number of halogens is 8. The van der Waals surface area contributed by atoms with Crippen LogP contribution in [0.4, 0.5) is 45.0 Å². The number of rotatable bonds is 20. The van der Waals surface area contributed by atoms with Crippen molar-refractivity contribution < 1.29 is 57.5 Å². The van der Waals surface area contributed by atoms with Gasteiger partial charge in [0.05, 0.1) is 88.4 Å². The zero-order valence-electron chi connectivity index (χ0n) is 67.7. The van der Waals surface area contributed by atoms with Crippen LogP contribution in [0.2, 0.25) is 20.6 Å². The number of hydrogen-bond acceptors (Lipinski definition) is 37. The lowest BCUT2D eigenvalue weighted by atomic mass is 9.99. The van der Waals surface area contributed by atoms with E-state index in [1.807, 2.05) is 69.1 Å². The highest BCUT2D eigenvalue weighted by Crippen LogP contribution is 2.40. The summed E-state index contributed by atoms with van der Waals surface area (Å²) in [5.74, 6) is 3.76. The fourth-order valence-corrected chi connectivity index (χ4v) is 14.6. The second-order valence-electron chi connectivity index (χ2n) is 26.3. The highest BCUT2D eigenvalue weighted by molar-refractivity contribution is 9.11. The number of ether oxygens (including phenoxy) is 4. The number of fused-ring (bicyclic) bond motifs is 4. The summed E-state index contributed by atoms with van der Waals surface area (Å²) in [6, 6.07) is 3.57. The maximum atomic E-state index is 12.5. The number of nitrogen functional groups attached to an aromatic ring is 3. The molecule has 0 radical (unpaired) electrons. The van der Waals surface area contributed by atoms with Crippen molar-refractivity contribution in [3.05, 3.63) is 143 Å². The van der Waals surface area contributed by atoms with Crippen LogP contribution < -0.4 is 36.7 Å². The van der Waals surface area contributed by atoms with Gasteiger partial charge in [-0.15, -0.1) is 0 Å². The Balaban J connectivity index is 0.000000170. The van der Waals surface area contributed by atoms with Gasteiger partial charge in [-0.25, -0.2) is 58.6 Å². The largest absolute Gasteiger partial charge is 0.504 e. The Morgan fingerprint density at radius 1 is 0.576 bits per heavy atom. The smallest absolute Gasteiger partial charge is 0.410 e. The van der Waals surface area contributed by atoms with E-state index in [0.29, 0.717) is 157 Å². The van der Waals surface area contributed by atoms with Crippen LogP contribution in [-0.4, -0.2) is 180 Å². The van der Waals surface area contributed by atoms with Crippen molar-refractivity contribution in [1.82, 2.24) is 109 Å². The van der Waals surface area contributed by atoms with Gasteiger partial charge >= 0.3 is 23.2 Å². The van der Waals surface area contributed by atoms with E-state index in [4.69, 9.17) is 92.4 Å². The van der Waals surface area contributed by atoms with Gasteiger partial charge in [0.25, 0.3) is 0 Å². The number of aryl methyl sites for hydroxylation is 4. The van der Waals surface area contributed by atoms with Crippen molar-refractivity contribution in [2.24, 2.45) is 5.92 Å². The summed E-state index contributed by atoms with van der Waals surface area (Å²) in [4.78, 5) is 89.0. The number of carbonyl (C=O) groups excluding carboxylic acids is 1. The fraction of sp³-hybridized carbons (Fsp3) is 0.347. The third-order valence-electron chi connectivity index (χ3n) is 17.2. The van der Waals surface area contributed by atoms with E-state index in [0.717, 1.165) is 51.4 Å². The van der Waals surface area contributed by atoms with Crippen molar-refractivity contribution in [3.63, 3.8) is 0 Å². The van der Waals surface area contributed by atoms with E-state index in [-0.39, 0.29) is 80.5 Å². The monoisotopic (exact) mass is 2060 g/mol. The number of amides is 1. The van der Waals surface area contributed by atoms with Crippen LogP contribution in [0.1, 0.15) is 87.9 Å². The summed E-state index contributed by atoms with van der Waals surface area (Å²) < 4.78 is 46.0. The van der Waals surface area contributed by atoms with Gasteiger partial charge in [-0.05, 0) is 177 Å². The first-order valence-electron chi connectivity index (χ1n) is 37.2. The Morgan fingerprint density at radius 3 is 1.51 bits per heavy atom. The quantitative estimate of drug-likeness (QED) is 0.0269. The van der Waals surface area contributed by atoms with Crippen molar-refractivity contribution >= 4 is 201 Å². The molecule has 1 atom stereocenters. The Labute approximate surface area is 761 Å². The molecular formula is C72H76Br4Cl4N30O15. The molecule has 0 spiro atoms. The number of pyridine rings is 7. The molecule has 8 N–H and O–H groups in total. The van der Waals surface area contributed by atoms with Crippen molar-refractivity contribution in [3.8, 4) is 63.6 Å². The molecule has 14 aromatic rings. The van der Waals surface area contributed by atoms with Crippen LogP contribution in [0.15, 0.2) is 99.8 Å². The number of aromatic nitrogens is 21. The lowest BCUT2D eigenvalue weighted by Crippen LogP contribution is -2.44. The van der Waals surface area contributed by atoms with Gasteiger partial charge in [0, 0.05) is 88.8 Å². The number of anilines is 4. The standard InChI is InChI=1S/C21H28ClN7O4.C10H8BrClN6O.C10H8BrClN4.C10H9ClN6O2.C7H8BrN3O2.C7H7BrN2O3.C7H8N2O3/c1-5-29-16-13(9-24-17(22)14(16)25-19(29)15-18(23)27-33-26-15)31-11-12-7-6-8-28(10-12)20(30)32-21(2,3)4;1-2-18-7-4(11)3-14-8(12)5(7)15-10(18)6-9(13)17-19-16-6;1-2-16-7(3-4-13)15-8-9(16)6(11)5-14-10(8)12;1-2-17-7-4(18)3-13-8(11)5(7)14-10(17)6-9(12)16-19-15-6;1-2-10-7-5(8)3-9-4-6(7)11(12)13;1-2-13-7-5(8)3-9-4-6(7)10(11)12;1-2-12-7-3-4-8-5-6(7)9(10)11/h9,12H,5-8,10-11H2,1-4H3,(H2,23,27);3H,2H2,1H3,(H2,13,17);5H,2-3H2,1H3;3,18H,2H2,1H3,(H2,12,16);3-4H,2H2,1H3,(H,9,10);3-4H,2H2,1H3;3-5H,2H2,1H3. The number of piperidine rings is 1. The Hall–Kier alpha value is -12.2. The number of nitrogens with zero attached hydrogens (tertiary/aromatic N) is 26. The van der Waals surface area contributed by atoms with E-state index in [9.17, 15) is 40.2 Å². The molecule has 15 rings (SSSR count). The molecule has 1 fully saturated rings. The topological polar surface area (TPSA) is 599 Å². The molecule has 14 aromatic heterocycles. The molecule has 1 aliphatic rings. The van der Waals surface area contributed by atoms with E-state index in [1.54, 1.807) is 41.9 Å². The number of nitrogens with one attached hydrogen (secondary N) is 1. The number of carbonyl (C=O) groups is 1. The normalized spacial score (nSPS) is 12.2. The average molecular weight is 2060 g/mol. The van der Waals surface area contributed by atoms with Gasteiger partial charge in [-0.2, -0.15) is 5.26 Å². The molecule has 1 amide bonds. The van der Waals surface area contributed by atoms with Gasteiger partial charge < -0.3 is 69.7 Å². The molecule has 0 aromatic carbocycles. The molecule has 1 unspecified atom stereocenters. The fourth-order valence-electron chi connectivity index (χ4n) is 12.0. The number of hydrogen-bond donors (Lipinski definition) is 5. The first-order chi connectivity index (χ1) is 59.7. The molecule has 1 aliphatic heterocycles. The molecule has 15 heterocycles. The predicted molar refractivity (Wildman–Crippen MR) is 473 cm³/mol. The summed E-state index contributed by atoms with van der Waals surface area (Å²) >= 11 is 37.6. The number of nitro groups is 3. The van der Waals surface area contributed by atoms with Crippen LogP contribution in [0.5, 0.6) is 23.0 Å². The van der Waals surface area contributed by atoms with Gasteiger partial charge in [0.15, 0.2) is 89.9 Å². The Morgan fingerprint density at radius 2 is 1.03 bits per heavy atom. The average Bonchev–Trinajstić information content (AvgIpc) is 1.62. The second-order valence-corrected chi connectivity index (χ2v) is 31.2. The van der Waals surface area contributed by atoms with Crippen LogP contribution in [0.25, 0.3) is 78.7 Å². The summed E-state index contributed by atoms with van der Waals surface area (Å²) in [6.45, 7) is 24.4. The summed E-state index contributed by atoms with van der Waals surface area (Å²) in [5, 5.41) is 76.2. The van der Waals surface area contributed by atoms with Crippen LogP contribution in [-0.2, 0) is 37.3 Å². The number of aromatic hydroxyl groups is 1. The molecule has 53 heteroatoms. The number of likely N-dealkylation sites (tertiary alicyclic amines) is 1. The van der Waals surface area contributed by atoms with E-state index >= 15 is 0 Å². The van der Waals surface area contributed by atoms with Gasteiger partial charge in [0.1, 0.15) is 68.8 Å². The number of imidazole rings is 4. The van der Waals surface area contributed by atoms with E-state index in [2.05, 4.69) is 170 Å². The number of nitriles is 1. The Kier molecular flexibility index (Phi) is 34.3.